The van der Waals surface area contributed by atoms with Crippen molar-refractivity contribution in [2.75, 3.05) is 13.7 Å². The molecule has 1 aromatic rings. The van der Waals surface area contributed by atoms with Crippen LogP contribution in [0.3, 0.4) is 0 Å². The summed E-state index contributed by atoms with van der Waals surface area (Å²) < 4.78 is 4.74. The predicted molar refractivity (Wildman–Crippen MR) is 72.7 cm³/mol. The van der Waals surface area contributed by atoms with Crippen LogP contribution in [0.15, 0.2) is 6.07 Å². The van der Waals surface area contributed by atoms with Crippen LogP contribution >= 0.6 is 23.2 Å². The minimum absolute atomic E-state index is 0.0337. The summed E-state index contributed by atoms with van der Waals surface area (Å²) in [6.45, 7) is 0.467. The van der Waals surface area contributed by atoms with Gasteiger partial charge in [-0.15, -0.1) is 10.2 Å². The van der Waals surface area contributed by atoms with Crippen LogP contribution in [0.4, 0.5) is 0 Å². The molecule has 1 amide bonds. The summed E-state index contributed by atoms with van der Waals surface area (Å²) >= 11 is 11.6. The monoisotopic (exact) mass is 317 g/mol. The number of halogens is 2. The van der Waals surface area contributed by atoms with Crippen LogP contribution in [-0.4, -0.2) is 46.7 Å². The Balaban J connectivity index is 2.30. The average Bonchev–Trinajstić information content (AvgIpc) is 2.48. The molecule has 0 spiro atoms. The zero-order valence-corrected chi connectivity index (χ0v) is 12.3. The molecular formula is C12H13Cl2N3O3. The van der Waals surface area contributed by atoms with E-state index in [4.69, 9.17) is 27.9 Å². The summed E-state index contributed by atoms with van der Waals surface area (Å²) in [5.41, 5.74) is 0.141. The van der Waals surface area contributed by atoms with Gasteiger partial charge in [-0.1, -0.05) is 23.2 Å². The second-order valence-electron chi connectivity index (χ2n) is 4.40. The van der Waals surface area contributed by atoms with Crippen molar-refractivity contribution in [1.82, 2.24) is 15.1 Å². The number of esters is 1. The number of nitrogens with zero attached hydrogens (tertiary/aromatic N) is 3. The molecular weight excluding hydrogens is 305 g/mol. The van der Waals surface area contributed by atoms with Gasteiger partial charge in [-0.2, -0.15) is 0 Å². The maximum atomic E-state index is 12.5. The number of carbonyl (C=O) groups excluding carboxylic acids is 2. The van der Waals surface area contributed by atoms with Gasteiger partial charge in [0.05, 0.1) is 12.7 Å². The van der Waals surface area contributed by atoms with Crippen molar-refractivity contribution in [2.24, 2.45) is 0 Å². The Bertz CT molecular complexity index is 539. The van der Waals surface area contributed by atoms with Crippen molar-refractivity contribution < 1.29 is 14.3 Å². The van der Waals surface area contributed by atoms with E-state index >= 15 is 0 Å². The highest BCUT2D eigenvalue weighted by molar-refractivity contribution is 6.34. The number of ether oxygens (including phenoxy) is 1. The molecule has 108 valence electrons. The summed E-state index contributed by atoms with van der Waals surface area (Å²) in [6.07, 6.45) is 2.26. The molecule has 1 fully saturated rings. The zero-order valence-electron chi connectivity index (χ0n) is 10.8. The molecule has 1 unspecified atom stereocenters. The first-order valence-electron chi connectivity index (χ1n) is 6.12. The molecule has 1 aliphatic rings. The SMILES string of the molecule is COC(=O)C1CCCCN1C(=O)c1cc(Cl)nnc1Cl. The molecule has 0 aromatic carbocycles. The molecule has 8 heteroatoms. The maximum Gasteiger partial charge on any atom is 0.328 e. The highest BCUT2D eigenvalue weighted by atomic mass is 35.5. The van der Waals surface area contributed by atoms with Crippen molar-refractivity contribution in [1.29, 1.82) is 0 Å². The van der Waals surface area contributed by atoms with Gasteiger partial charge in [-0.3, -0.25) is 4.79 Å². The second-order valence-corrected chi connectivity index (χ2v) is 5.15. The second kappa shape index (κ2) is 6.37. The minimum atomic E-state index is -0.593. The van der Waals surface area contributed by atoms with Gasteiger partial charge >= 0.3 is 5.97 Å². The van der Waals surface area contributed by atoms with Crippen LogP contribution in [0.5, 0.6) is 0 Å². The predicted octanol–water partition coefficient (Wildman–Crippen LogP) is 1.95. The largest absolute Gasteiger partial charge is 0.467 e. The van der Waals surface area contributed by atoms with Crippen molar-refractivity contribution in [3.63, 3.8) is 0 Å². The lowest BCUT2D eigenvalue weighted by molar-refractivity contribution is -0.147. The van der Waals surface area contributed by atoms with Gasteiger partial charge in [-0.05, 0) is 25.3 Å². The summed E-state index contributed by atoms with van der Waals surface area (Å²) in [5.74, 6) is -0.816. The number of hydrogen-bond acceptors (Lipinski definition) is 5. The number of piperidine rings is 1. The normalized spacial score (nSPS) is 18.8. The number of hydrogen-bond donors (Lipinski definition) is 0. The third-order valence-corrected chi connectivity index (χ3v) is 3.65. The van der Waals surface area contributed by atoms with Crippen LogP contribution in [0.1, 0.15) is 29.6 Å². The van der Waals surface area contributed by atoms with E-state index in [9.17, 15) is 9.59 Å². The molecule has 2 rings (SSSR count). The van der Waals surface area contributed by atoms with Gasteiger partial charge in [0.1, 0.15) is 6.04 Å². The van der Waals surface area contributed by atoms with E-state index in [0.29, 0.717) is 13.0 Å². The first-order valence-corrected chi connectivity index (χ1v) is 6.87. The fourth-order valence-corrected chi connectivity index (χ4v) is 2.53. The minimum Gasteiger partial charge on any atom is -0.467 e. The first-order chi connectivity index (χ1) is 9.54. The molecule has 1 aliphatic heterocycles. The molecule has 6 nitrogen and oxygen atoms in total. The Hall–Kier alpha value is -1.40. The Morgan fingerprint density at radius 3 is 2.80 bits per heavy atom. The molecule has 1 saturated heterocycles. The molecule has 0 N–H and O–H groups in total. The third-order valence-electron chi connectivity index (χ3n) is 3.19. The highest BCUT2D eigenvalue weighted by Gasteiger charge is 2.34. The Morgan fingerprint density at radius 1 is 1.35 bits per heavy atom. The fourth-order valence-electron chi connectivity index (χ4n) is 2.21. The van der Waals surface area contributed by atoms with Crippen molar-refractivity contribution in [2.45, 2.75) is 25.3 Å². The molecule has 1 aromatic heterocycles. The Kier molecular flexibility index (Phi) is 4.77. The number of likely N-dealkylation sites (tertiary alicyclic amines) is 1. The van der Waals surface area contributed by atoms with Gasteiger partial charge in [0.2, 0.25) is 0 Å². The van der Waals surface area contributed by atoms with Crippen LogP contribution in [0.25, 0.3) is 0 Å². The third kappa shape index (κ3) is 3.02. The Labute approximate surface area is 126 Å². The molecule has 2 heterocycles. The fraction of sp³-hybridized carbons (Fsp3) is 0.500. The van der Waals surface area contributed by atoms with Crippen LogP contribution in [0.2, 0.25) is 10.3 Å². The van der Waals surface area contributed by atoms with Crippen LogP contribution in [0, 0.1) is 0 Å². The summed E-state index contributed by atoms with van der Waals surface area (Å²) in [6, 6.07) is 0.756. The van der Waals surface area contributed by atoms with E-state index in [1.54, 1.807) is 0 Å². The van der Waals surface area contributed by atoms with E-state index in [-0.39, 0.29) is 21.8 Å². The number of carbonyl (C=O) groups is 2. The maximum absolute atomic E-state index is 12.5. The topological polar surface area (TPSA) is 72.4 Å². The zero-order chi connectivity index (χ0) is 14.7. The summed E-state index contributed by atoms with van der Waals surface area (Å²) in [5, 5.41) is 7.20. The number of rotatable bonds is 2. The van der Waals surface area contributed by atoms with Crippen molar-refractivity contribution in [3.8, 4) is 0 Å². The quantitative estimate of drug-likeness (QED) is 0.779. The van der Waals surface area contributed by atoms with Gasteiger partial charge in [0.15, 0.2) is 10.3 Å². The van der Waals surface area contributed by atoms with E-state index in [2.05, 4.69) is 10.2 Å². The smallest absolute Gasteiger partial charge is 0.328 e. The van der Waals surface area contributed by atoms with Gasteiger partial charge in [0.25, 0.3) is 5.91 Å². The highest BCUT2D eigenvalue weighted by Crippen LogP contribution is 2.24. The van der Waals surface area contributed by atoms with E-state index in [1.165, 1.54) is 18.1 Å². The summed E-state index contributed by atoms with van der Waals surface area (Å²) in [7, 11) is 1.30. The molecule has 0 radical (unpaired) electrons. The standard InChI is InChI=1S/C12H13Cl2N3O3/c1-20-12(19)8-4-2-3-5-17(8)11(18)7-6-9(13)15-16-10(7)14/h6,8H,2-5H2,1H3. The van der Waals surface area contributed by atoms with Crippen molar-refractivity contribution in [3.05, 3.63) is 21.9 Å². The Morgan fingerprint density at radius 2 is 2.10 bits per heavy atom. The van der Waals surface area contributed by atoms with Gasteiger partial charge in [0, 0.05) is 6.54 Å². The van der Waals surface area contributed by atoms with Crippen molar-refractivity contribution >= 4 is 35.1 Å². The van der Waals surface area contributed by atoms with Gasteiger partial charge in [-0.25, -0.2) is 4.79 Å². The first kappa shape index (κ1) is 15.0. The average molecular weight is 318 g/mol. The lowest BCUT2D eigenvalue weighted by Gasteiger charge is -2.33. The van der Waals surface area contributed by atoms with Gasteiger partial charge < -0.3 is 9.64 Å². The summed E-state index contributed by atoms with van der Waals surface area (Å²) in [4.78, 5) is 25.7. The van der Waals surface area contributed by atoms with Crippen LogP contribution in [-0.2, 0) is 9.53 Å². The number of aromatic nitrogens is 2. The molecule has 20 heavy (non-hydrogen) atoms. The molecule has 1 atom stereocenters. The number of amides is 1. The van der Waals surface area contributed by atoms with E-state index < -0.39 is 12.0 Å². The lowest BCUT2D eigenvalue weighted by atomic mass is 10.0. The lowest BCUT2D eigenvalue weighted by Crippen LogP contribution is -2.48. The van der Waals surface area contributed by atoms with E-state index in [0.717, 1.165) is 12.8 Å². The molecule has 0 aliphatic carbocycles. The van der Waals surface area contributed by atoms with Crippen LogP contribution < -0.4 is 0 Å². The molecule has 0 bridgehead atoms. The van der Waals surface area contributed by atoms with E-state index in [1.807, 2.05) is 0 Å². The number of methoxy groups -OCH3 is 1. The molecule has 0 saturated carbocycles.